The Bertz CT molecular complexity index is 1220. The van der Waals surface area contributed by atoms with E-state index in [1.807, 2.05) is 30.3 Å². The summed E-state index contributed by atoms with van der Waals surface area (Å²) in [7, 11) is 0. The van der Waals surface area contributed by atoms with Crippen LogP contribution in [0, 0.1) is 17.1 Å². The van der Waals surface area contributed by atoms with Gasteiger partial charge in [-0.3, -0.25) is 4.79 Å². The highest BCUT2D eigenvalue weighted by atomic mass is 19.1. The number of nitrogens with zero attached hydrogens (tertiary/aromatic N) is 1. The molecule has 3 atom stereocenters. The summed E-state index contributed by atoms with van der Waals surface area (Å²) >= 11 is 0. The number of fused-ring (bicyclic) bond motifs is 1. The topological polar surface area (TPSA) is 94.4 Å². The SMILES string of the molecule is C[C@@H](C(=O)O)c1cccc(CCN[C@H](c2ccccc2F)[C@H]2CNc3cccc(C#N)c3O2)c1. The van der Waals surface area contributed by atoms with E-state index in [1.54, 1.807) is 37.3 Å². The second kappa shape index (κ2) is 10.4. The summed E-state index contributed by atoms with van der Waals surface area (Å²) in [6, 6.07) is 21.1. The maximum Gasteiger partial charge on any atom is 0.310 e. The third-order valence-electron chi connectivity index (χ3n) is 6.11. The Morgan fingerprint density at radius 2 is 2.03 bits per heavy atom. The molecule has 1 aliphatic heterocycles. The van der Waals surface area contributed by atoms with Crippen molar-refractivity contribution in [1.29, 1.82) is 5.26 Å². The summed E-state index contributed by atoms with van der Waals surface area (Å²) in [5.74, 6) is -1.32. The van der Waals surface area contributed by atoms with Crippen molar-refractivity contribution in [3.8, 4) is 11.8 Å². The minimum absolute atomic E-state index is 0.333. The van der Waals surface area contributed by atoms with E-state index < -0.39 is 24.0 Å². The van der Waals surface area contributed by atoms with Crippen LogP contribution in [0.15, 0.2) is 66.7 Å². The molecule has 0 aliphatic carbocycles. The van der Waals surface area contributed by atoms with Gasteiger partial charge in [-0.05, 0) is 49.2 Å². The van der Waals surface area contributed by atoms with Crippen LogP contribution in [0.2, 0.25) is 0 Å². The maximum atomic E-state index is 14.8. The number of para-hydroxylation sites is 1. The molecule has 3 aromatic carbocycles. The molecule has 4 rings (SSSR count). The average molecular weight is 460 g/mol. The number of hydrogen-bond acceptors (Lipinski definition) is 5. The average Bonchev–Trinajstić information content (AvgIpc) is 2.86. The summed E-state index contributed by atoms with van der Waals surface area (Å²) in [6.07, 6.45) is 0.183. The minimum atomic E-state index is -0.867. The Morgan fingerprint density at radius 3 is 2.79 bits per heavy atom. The fraction of sp³-hybridized carbons (Fsp3) is 0.259. The van der Waals surface area contributed by atoms with Gasteiger partial charge in [-0.25, -0.2) is 4.39 Å². The Hall–Kier alpha value is -3.89. The lowest BCUT2D eigenvalue weighted by Gasteiger charge is -2.34. The molecule has 1 heterocycles. The molecule has 3 aromatic rings. The molecule has 0 radical (unpaired) electrons. The third kappa shape index (κ3) is 5.03. The molecule has 34 heavy (non-hydrogen) atoms. The second-order valence-electron chi connectivity index (χ2n) is 8.34. The molecule has 3 N–H and O–H groups in total. The van der Waals surface area contributed by atoms with Gasteiger partial charge in [-0.15, -0.1) is 0 Å². The third-order valence-corrected chi connectivity index (χ3v) is 6.11. The van der Waals surface area contributed by atoms with Gasteiger partial charge in [0, 0.05) is 5.56 Å². The molecule has 0 saturated carbocycles. The fourth-order valence-electron chi connectivity index (χ4n) is 4.18. The van der Waals surface area contributed by atoms with E-state index >= 15 is 0 Å². The van der Waals surface area contributed by atoms with Crippen molar-refractivity contribution >= 4 is 11.7 Å². The number of carboxylic acids is 1. The van der Waals surface area contributed by atoms with E-state index in [0.29, 0.717) is 36.4 Å². The monoisotopic (exact) mass is 459 g/mol. The van der Waals surface area contributed by atoms with E-state index in [-0.39, 0.29) is 5.82 Å². The van der Waals surface area contributed by atoms with Crippen molar-refractivity contribution in [3.63, 3.8) is 0 Å². The Labute approximate surface area is 198 Å². The smallest absolute Gasteiger partial charge is 0.310 e. The molecular weight excluding hydrogens is 433 g/mol. The number of halogens is 1. The molecule has 6 nitrogen and oxygen atoms in total. The summed E-state index contributed by atoms with van der Waals surface area (Å²) < 4.78 is 21.0. The first kappa shape index (κ1) is 23.3. The van der Waals surface area contributed by atoms with E-state index in [1.165, 1.54) is 6.07 Å². The quantitative estimate of drug-likeness (QED) is 0.455. The van der Waals surface area contributed by atoms with Gasteiger partial charge >= 0.3 is 5.97 Å². The number of carbonyl (C=O) groups is 1. The number of aliphatic carboxylic acids is 1. The summed E-state index contributed by atoms with van der Waals surface area (Å²) in [4.78, 5) is 11.3. The van der Waals surface area contributed by atoms with Crippen molar-refractivity contribution in [1.82, 2.24) is 5.32 Å². The number of ether oxygens (including phenoxy) is 1. The number of nitrogens with one attached hydrogen (secondary N) is 2. The van der Waals surface area contributed by atoms with Crippen molar-refractivity contribution in [2.45, 2.75) is 31.4 Å². The van der Waals surface area contributed by atoms with Gasteiger partial charge in [0.05, 0.1) is 29.8 Å². The van der Waals surface area contributed by atoms with Crippen LogP contribution in [-0.2, 0) is 11.2 Å². The predicted octanol–water partition coefficient (Wildman–Crippen LogP) is 4.63. The number of benzene rings is 3. The zero-order valence-corrected chi connectivity index (χ0v) is 18.8. The van der Waals surface area contributed by atoms with Crippen molar-refractivity contribution < 1.29 is 19.0 Å². The number of rotatable bonds is 8. The van der Waals surface area contributed by atoms with Crippen LogP contribution in [0.1, 0.15) is 41.1 Å². The molecule has 0 bridgehead atoms. The van der Waals surface area contributed by atoms with Crippen molar-refractivity contribution in [3.05, 3.63) is 94.8 Å². The van der Waals surface area contributed by atoms with E-state index in [0.717, 1.165) is 16.8 Å². The van der Waals surface area contributed by atoms with Crippen LogP contribution in [0.25, 0.3) is 0 Å². The highest BCUT2D eigenvalue weighted by molar-refractivity contribution is 5.75. The summed E-state index contributed by atoms with van der Waals surface area (Å²) in [5, 5.41) is 25.5. The second-order valence-corrected chi connectivity index (χ2v) is 8.34. The van der Waals surface area contributed by atoms with Crippen LogP contribution >= 0.6 is 0 Å². The lowest BCUT2D eigenvalue weighted by atomic mass is 9.97. The first-order valence-corrected chi connectivity index (χ1v) is 11.2. The number of nitriles is 1. The highest BCUT2D eigenvalue weighted by Crippen LogP contribution is 2.36. The summed E-state index contributed by atoms with van der Waals surface area (Å²) in [5.41, 5.74) is 3.39. The summed E-state index contributed by atoms with van der Waals surface area (Å²) in [6.45, 7) is 2.63. The molecule has 174 valence electrons. The largest absolute Gasteiger partial charge is 0.483 e. The zero-order chi connectivity index (χ0) is 24.1. The van der Waals surface area contributed by atoms with Gasteiger partial charge in [0.25, 0.3) is 0 Å². The van der Waals surface area contributed by atoms with Gasteiger partial charge in [0.2, 0.25) is 0 Å². The van der Waals surface area contributed by atoms with Crippen LogP contribution in [0.3, 0.4) is 0 Å². The van der Waals surface area contributed by atoms with Gasteiger partial charge in [0.1, 0.15) is 18.0 Å². The van der Waals surface area contributed by atoms with Crippen LogP contribution in [-0.4, -0.2) is 30.3 Å². The predicted molar refractivity (Wildman–Crippen MR) is 127 cm³/mol. The lowest BCUT2D eigenvalue weighted by Crippen LogP contribution is -2.43. The van der Waals surface area contributed by atoms with Crippen molar-refractivity contribution in [2.75, 3.05) is 18.4 Å². The normalized spacial score (nSPS) is 16.3. The molecule has 1 aliphatic rings. The lowest BCUT2D eigenvalue weighted by molar-refractivity contribution is -0.138. The van der Waals surface area contributed by atoms with Gasteiger partial charge in [-0.1, -0.05) is 48.5 Å². The molecule has 0 unspecified atom stereocenters. The zero-order valence-electron chi connectivity index (χ0n) is 18.8. The number of hydrogen-bond donors (Lipinski definition) is 3. The van der Waals surface area contributed by atoms with Crippen molar-refractivity contribution in [2.24, 2.45) is 0 Å². The molecule has 0 aromatic heterocycles. The number of carboxylic acid groups (broad SMARTS) is 1. The molecule has 0 saturated heterocycles. The highest BCUT2D eigenvalue weighted by Gasteiger charge is 2.31. The Morgan fingerprint density at radius 1 is 1.24 bits per heavy atom. The first-order chi connectivity index (χ1) is 16.5. The molecular formula is C27H26FN3O3. The van der Waals surface area contributed by atoms with Gasteiger partial charge < -0.3 is 20.5 Å². The van der Waals surface area contributed by atoms with E-state index in [2.05, 4.69) is 16.7 Å². The molecule has 0 fully saturated rings. The maximum absolute atomic E-state index is 14.8. The molecule has 0 spiro atoms. The molecule has 7 heteroatoms. The Kier molecular flexibility index (Phi) is 7.09. The first-order valence-electron chi connectivity index (χ1n) is 11.2. The fourth-order valence-corrected chi connectivity index (χ4v) is 4.18. The van der Waals surface area contributed by atoms with E-state index in [9.17, 15) is 19.6 Å². The van der Waals surface area contributed by atoms with Gasteiger partial charge in [0.15, 0.2) is 5.75 Å². The number of anilines is 1. The van der Waals surface area contributed by atoms with Crippen LogP contribution < -0.4 is 15.4 Å². The minimum Gasteiger partial charge on any atom is -0.483 e. The molecule has 0 amide bonds. The standard InChI is InChI=1S/C27H26FN3O3/c1-17(27(32)33)19-7-4-6-18(14-19)12-13-30-25(21-9-2-3-10-22(21)28)24-16-31-23-11-5-8-20(15-29)26(23)34-24/h2-11,14,17,24-25,30-31H,12-13,16H2,1H3,(H,32,33)/t17-,24-,25-/m1/s1. The van der Waals surface area contributed by atoms with Crippen LogP contribution in [0.4, 0.5) is 10.1 Å². The Balaban J connectivity index is 1.53. The van der Waals surface area contributed by atoms with E-state index in [4.69, 9.17) is 4.74 Å². The van der Waals surface area contributed by atoms with Gasteiger partial charge in [-0.2, -0.15) is 5.26 Å². The van der Waals surface area contributed by atoms with Crippen LogP contribution in [0.5, 0.6) is 5.75 Å².